The second-order valence-corrected chi connectivity index (χ2v) is 9.03. The number of nitrogens with zero attached hydrogens (tertiary/aromatic N) is 1. The summed E-state index contributed by atoms with van der Waals surface area (Å²) in [5, 5.41) is 0.656. The Kier molecular flexibility index (Phi) is 6.50. The van der Waals surface area contributed by atoms with Crippen LogP contribution in [0.25, 0.3) is 0 Å². The van der Waals surface area contributed by atoms with Gasteiger partial charge in [0.05, 0.1) is 5.56 Å². The number of fused-ring (bicyclic) bond motifs is 4. The summed E-state index contributed by atoms with van der Waals surface area (Å²) in [4.78, 5) is 29.5. The molecule has 1 amide bonds. The van der Waals surface area contributed by atoms with Gasteiger partial charge < -0.3 is 5.73 Å². The second kappa shape index (κ2) is 8.54. The Morgan fingerprint density at radius 3 is 2.57 bits per heavy atom. The highest BCUT2D eigenvalue weighted by molar-refractivity contribution is 7.12. The molecule has 1 aromatic heterocycles. The first kappa shape index (κ1) is 21.3. The number of primary amides is 1. The molecule has 2 aromatic rings. The third kappa shape index (κ3) is 3.86. The van der Waals surface area contributed by atoms with E-state index in [4.69, 9.17) is 17.3 Å². The van der Waals surface area contributed by atoms with Crippen LogP contribution in [0.2, 0.25) is 5.02 Å². The summed E-state index contributed by atoms with van der Waals surface area (Å²) >= 11 is 7.53. The van der Waals surface area contributed by atoms with E-state index in [9.17, 15) is 9.59 Å². The molecule has 28 heavy (non-hydrogen) atoms. The van der Waals surface area contributed by atoms with E-state index >= 15 is 0 Å². The SMILES string of the molecule is CCN1C2CC[C@@H]1Cc1sc(CC(=O)Cc3ccc(Cl)cc3)c(C(N)=O)c12.Cl. The van der Waals surface area contributed by atoms with Crippen molar-refractivity contribution in [2.75, 3.05) is 6.54 Å². The van der Waals surface area contributed by atoms with Gasteiger partial charge in [0.15, 0.2) is 0 Å². The number of hydrogen-bond donors (Lipinski definition) is 1. The minimum Gasteiger partial charge on any atom is -0.366 e. The summed E-state index contributed by atoms with van der Waals surface area (Å²) in [5.41, 5.74) is 8.42. The number of rotatable bonds is 6. The van der Waals surface area contributed by atoms with Crippen molar-refractivity contribution in [2.45, 2.75) is 51.1 Å². The molecule has 2 atom stereocenters. The van der Waals surface area contributed by atoms with E-state index in [2.05, 4.69) is 11.8 Å². The summed E-state index contributed by atoms with van der Waals surface area (Å²) in [7, 11) is 0. The van der Waals surface area contributed by atoms with Crippen LogP contribution in [0.15, 0.2) is 24.3 Å². The molecule has 0 radical (unpaired) electrons. The maximum absolute atomic E-state index is 12.6. The molecule has 1 unspecified atom stereocenters. The van der Waals surface area contributed by atoms with E-state index in [0.29, 0.717) is 23.0 Å². The quantitative estimate of drug-likeness (QED) is 0.728. The van der Waals surface area contributed by atoms with Crippen molar-refractivity contribution in [3.8, 4) is 0 Å². The van der Waals surface area contributed by atoms with Gasteiger partial charge in [0.25, 0.3) is 0 Å². The van der Waals surface area contributed by atoms with E-state index < -0.39 is 5.91 Å². The van der Waals surface area contributed by atoms with Crippen molar-refractivity contribution in [2.24, 2.45) is 5.73 Å². The molecular formula is C21H24Cl2N2O2S. The van der Waals surface area contributed by atoms with E-state index in [1.54, 1.807) is 23.5 Å². The van der Waals surface area contributed by atoms with Crippen LogP contribution in [0.1, 0.15) is 57.0 Å². The Hall–Kier alpha value is -1.40. The van der Waals surface area contributed by atoms with Crippen molar-refractivity contribution < 1.29 is 9.59 Å². The standard InChI is InChI=1S/C21H23ClN2O2S.ClH/c1-2-24-14-7-8-16(24)19-17(10-14)27-18(20(19)21(23)26)11-15(25)9-12-3-5-13(22)6-4-12;/h3-6,14,16H,2,7-11H2,1H3,(H2,23,26);1H/t14-,16?;/m1./s1. The van der Waals surface area contributed by atoms with Gasteiger partial charge in [0.2, 0.25) is 5.91 Å². The molecule has 0 spiro atoms. The molecule has 0 aliphatic carbocycles. The number of halogens is 2. The summed E-state index contributed by atoms with van der Waals surface area (Å²) in [6.45, 7) is 3.15. The average Bonchev–Trinajstić information content (AvgIpc) is 3.13. The Balaban J connectivity index is 0.00000225. The van der Waals surface area contributed by atoms with E-state index in [1.807, 2.05) is 12.1 Å². The van der Waals surface area contributed by atoms with Gasteiger partial charge in [0.1, 0.15) is 5.78 Å². The largest absolute Gasteiger partial charge is 0.366 e. The topological polar surface area (TPSA) is 63.4 Å². The van der Waals surface area contributed by atoms with Crippen molar-refractivity contribution in [1.29, 1.82) is 0 Å². The molecule has 3 heterocycles. The van der Waals surface area contributed by atoms with E-state index in [1.165, 1.54) is 11.3 Å². The summed E-state index contributed by atoms with van der Waals surface area (Å²) in [6, 6.07) is 8.16. The molecule has 7 heteroatoms. The number of thiophene rings is 1. The summed E-state index contributed by atoms with van der Waals surface area (Å²) in [5.74, 6) is -0.306. The molecule has 1 aromatic carbocycles. The highest BCUT2D eigenvalue weighted by atomic mass is 35.5. The van der Waals surface area contributed by atoms with E-state index in [-0.39, 0.29) is 30.7 Å². The summed E-state index contributed by atoms with van der Waals surface area (Å²) in [6.07, 6.45) is 3.81. The fourth-order valence-electron chi connectivity index (χ4n) is 4.67. The maximum atomic E-state index is 12.6. The predicted octanol–water partition coefficient (Wildman–Crippen LogP) is 4.36. The van der Waals surface area contributed by atoms with Crippen molar-refractivity contribution in [1.82, 2.24) is 4.90 Å². The Morgan fingerprint density at radius 1 is 1.21 bits per heavy atom. The van der Waals surface area contributed by atoms with Crippen LogP contribution in [0.4, 0.5) is 0 Å². The number of ketones is 1. The fourth-order valence-corrected chi connectivity index (χ4v) is 6.27. The molecule has 1 fully saturated rings. The van der Waals surface area contributed by atoms with Gasteiger partial charge in [-0.2, -0.15) is 0 Å². The molecule has 4 rings (SSSR count). The third-order valence-corrected chi connectivity index (χ3v) is 7.26. The number of benzene rings is 1. The first-order valence-corrected chi connectivity index (χ1v) is 10.6. The van der Waals surface area contributed by atoms with Gasteiger partial charge >= 0.3 is 0 Å². The van der Waals surface area contributed by atoms with Crippen molar-refractivity contribution >= 4 is 47.0 Å². The molecule has 2 aliphatic rings. The molecule has 2 aliphatic heterocycles. The Labute approximate surface area is 180 Å². The number of likely N-dealkylation sites (N-methyl/N-ethyl adjacent to an activating group) is 1. The molecule has 4 nitrogen and oxygen atoms in total. The van der Waals surface area contributed by atoms with Gasteiger partial charge in [0, 0.05) is 39.7 Å². The first-order valence-electron chi connectivity index (χ1n) is 9.44. The summed E-state index contributed by atoms with van der Waals surface area (Å²) < 4.78 is 0. The molecular weight excluding hydrogens is 415 g/mol. The smallest absolute Gasteiger partial charge is 0.250 e. The zero-order chi connectivity index (χ0) is 19.1. The van der Waals surface area contributed by atoms with Crippen LogP contribution in [0, 0.1) is 0 Å². The van der Waals surface area contributed by atoms with E-state index in [0.717, 1.165) is 35.4 Å². The molecule has 2 bridgehead atoms. The lowest BCUT2D eigenvalue weighted by molar-refractivity contribution is -0.117. The lowest BCUT2D eigenvalue weighted by Crippen LogP contribution is -2.37. The first-order chi connectivity index (χ1) is 13.0. The number of carbonyl (C=O) groups is 2. The zero-order valence-electron chi connectivity index (χ0n) is 15.7. The van der Waals surface area contributed by atoms with Crippen LogP contribution < -0.4 is 5.73 Å². The van der Waals surface area contributed by atoms with Gasteiger partial charge in [-0.3, -0.25) is 14.5 Å². The van der Waals surface area contributed by atoms with Crippen LogP contribution in [0.3, 0.4) is 0 Å². The Bertz CT molecular complexity index is 895. The molecule has 0 saturated carbocycles. The highest BCUT2D eigenvalue weighted by Gasteiger charge is 2.42. The average molecular weight is 439 g/mol. The number of Topliss-reactive ketones (excluding diaryl/α,β-unsaturated/α-hetero) is 1. The van der Waals surface area contributed by atoms with Gasteiger partial charge in [-0.15, -0.1) is 23.7 Å². The van der Waals surface area contributed by atoms with Gasteiger partial charge in [-0.1, -0.05) is 30.7 Å². The van der Waals surface area contributed by atoms with Crippen LogP contribution in [-0.4, -0.2) is 29.2 Å². The number of hydrogen-bond acceptors (Lipinski definition) is 4. The van der Waals surface area contributed by atoms with Crippen molar-refractivity contribution in [3.05, 3.63) is 55.7 Å². The molecule has 150 valence electrons. The minimum atomic E-state index is -0.400. The van der Waals surface area contributed by atoms with Crippen LogP contribution in [0.5, 0.6) is 0 Å². The lowest BCUT2D eigenvalue weighted by Gasteiger charge is -2.34. The van der Waals surface area contributed by atoms with Crippen molar-refractivity contribution in [3.63, 3.8) is 0 Å². The van der Waals surface area contributed by atoms with Crippen LogP contribution in [-0.2, 0) is 24.1 Å². The lowest BCUT2D eigenvalue weighted by atomic mass is 9.94. The normalized spacial score (nSPS) is 20.5. The van der Waals surface area contributed by atoms with Crippen LogP contribution >= 0.6 is 35.3 Å². The molecule has 1 saturated heterocycles. The predicted molar refractivity (Wildman–Crippen MR) is 116 cm³/mol. The van der Waals surface area contributed by atoms with Gasteiger partial charge in [-0.25, -0.2) is 0 Å². The van der Waals surface area contributed by atoms with Gasteiger partial charge in [-0.05, 0) is 49.1 Å². The number of amides is 1. The maximum Gasteiger partial charge on any atom is 0.250 e. The highest BCUT2D eigenvalue weighted by Crippen LogP contribution is 2.48. The monoisotopic (exact) mass is 438 g/mol. The zero-order valence-corrected chi connectivity index (χ0v) is 18.1. The minimum absolute atomic E-state index is 0. The Morgan fingerprint density at radius 2 is 1.93 bits per heavy atom. The number of nitrogens with two attached hydrogens (primary N) is 1. The third-order valence-electron chi connectivity index (χ3n) is 5.78. The number of carbonyl (C=O) groups excluding carboxylic acids is 2. The second-order valence-electron chi connectivity index (χ2n) is 7.40. The molecule has 2 N–H and O–H groups in total. The fraction of sp³-hybridized carbons (Fsp3) is 0.429.